The van der Waals surface area contributed by atoms with Gasteiger partial charge in [0, 0.05) is 16.7 Å². The van der Waals surface area contributed by atoms with Crippen LogP contribution >= 0.6 is 15.9 Å². The molecule has 3 aliphatic heterocycles. The molecule has 41 heavy (non-hydrogen) atoms. The number of ether oxygens (including phenoxy) is 3. The van der Waals surface area contributed by atoms with E-state index in [1.54, 1.807) is 36.4 Å². The molecular weight excluding hydrogens is 618 g/mol. The van der Waals surface area contributed by atoms with Gasteiger partial charge in [-0.25, -0.2) is 32.1 Å². The van der Waals surface area contributed by atoms with Crippen LogP contribution in [0.1, 0.15) is 12.0 Å². The summed E-state index contributed by atoms with van der Waals surface area (Å²) in [5.74, 6) is -2.74. The molecule has 0 amide bonds. The summed E-state index contributed by atoms with van der Waals surface area (Å²) in [6.07, 6.45) is 1.50. The zero-order valence-electron chi connectivity index (χ0n) is 22.4. The first-order valence-electron chi connectivity index (χ1n) is 12.4. The highest BCUT2D eigenvalue weighted by molar-refractivity contribution is 9.10. The van der Waals surface area contributed by atoms with Crippen LogP contribution < -0.4 is 4.90 Å². The molecule has 0 saturated carbocycles. The topological polar surface area (TPSA) is 132 Å². The van der Waals surface area contributed by atoms with Crippen LogP contribution in [0.4, 0.5) is 5.69 Å². The lowest BCUT2D eigenvalue weighted by Gasteiger charge is -2.40. The number of halogens is 1. The molecule has 5 rings (SSSR count). The zero-order chi connectivity index (χ0) is 29.7. The van der Waals surface area contributed by atoms with Crippen molar-refractivity contribution in [2.75, 3.05) is 32.8 Å². The second-order valence-electron chi connectivity index (χ2n) is 9.51. The van der Waals surface area contributed by atoms with E-state index in [9.17, 15) is 22.8 Å². The summed E-state index contributed by atoms with van der Waals surface area (Å²) in [7, 11) is -0.994. The van der Waals surface area contributed by atoms with Gasteiger partial charge in [-0.1, -0.05) is 40.2 Å². The van der Waals surface area contributed by atoms with Gasteiger partial charge in [-0.3, -0.25) is 0 Å². The highest BCUT2D eigenvalue weighted by atomic mass is 79.9. The first-order chi connectivity index (χ1) is 19.6. The van der Waals surface area contributed by atoms with Gasteiger partial charge in [0.25, 0.3) is 10.0 Å². The van der Waals surface area contributed by atoms with E-state index in [4.69, 9.17) is 14.2 Å². The Morgan fingerprint density at radius 2 is 1.71 bits per heavy atom. The number of rotatable bonds is 7. The molecule has 214 valence electrons. The highest BCUT2D eigenvalue weighted by Crippen LogP contribution is 2.58. The fourth-order valence-electron chi connectivity index (χ4n) is 6.02. The molecule has 1 saturated heterocycles. The van der Waals surface area contributed by atoms with Crippen molar-refractivity contribution in [3.63, 3.8) is 0 Å². The van der Waals surface area contributed by atoms with Crippen LogP contribution in [0.2, 0.25) is 0 Å². The van der Waals surface area contributed by atoms with E-state index in [0.717, 1.165) is 18.5 Å². The number of fused-ring (bicyclic) bond motifs is 1. The van der Waals surface area contributed by atoms with Crippen LogP contribution in [-0.4, -0.2) is 76.4 Å². The second-order valence-corrected chi connectivity index (χ2v) is 12.2. The van der Waals surface area contributed by atoms with Crippen LogP contribution in [0.15, 0.2) is 86.8 Å². The van der Waals surface area contributed by atoms with Gasteiger partial charge in [-0.2, -0.15) is 0 Å². The van der Waals surface area contributed by atoms with Crippen molar-refractivity contribution < 1.29 is 37.0 Å². The molecule has 0 N–H and O–H groups in total. The van der Waals surface area contributed by atoms with Crippen molar-refractivity contribution in [3.8, 4) is 0 Å². The number of aliphatic imine (C=N–C) groups is 1. The second kappa shape index (κ2) is 10.5. The monoisotopic (exact) mass is 643 g/mol. The van der Waals surface area contributed by atoms with E-state index >= 15 is 0 Å². The quantitative estimate of drug-likeness (QED) is 0.254. The standard InChI is InChI=1S/C28H26BrN3O8S/c1-5-14-31-19-9-7-6-8-18(19)28-15-20(24(33)38-2)32(41(36,37)17-12-10-16(29)11-13-17)27(28)30-22(26(35)40-4)21(23(28)31)25(34)39-3/h5-13,20,23H,1,14-15H2,2-4H3/t20-,23-,28-/m0/s1. The Kier molecular flexibility index (Phi) is 7.28. The SMILES string of the molecule is C=CCN1c2ccccc2[C@]23C[C@@H](C(=O)OC)N(S(=O)(=O)c4ccc(Br)cc4)C2=NC(C(=O)OC)=C(C(=O)OC)[C@H]13. The van der Waals surface area contributed by atoms with Gasteiger partial charge in [0.15, 0.2) is 5.70 Å². The number of esters is 3. The van der Waals surface area contributed by atoms with Gasteiger partial charge in [-0.05, 0) is 42.3 Å². The maximum Gasteiger partial charge on any atom is 0.357 e. The van der Waals surface area contributed by atoms with Gasteiger partial charge in [0.05, 0.1) is 43.3 Å². The zero-order valence-corrected chi connectivity index (χ0v) is 24.8. The van der Waals surface area contributed by atoms with Crippen molar-refractivity contribution in [1.29, 1.82) is 0 Å². The van der Waals surface area contributed by atoms with Crippen molar-refractivity contribution >= 4 is 55.4 Å². The number of para-hydroxylation sites is 1. The summed E-state index contributed by atoms with van der Waals surface area (Å²) < 4.78 is 45.4. The van der Waals surface area contributed by atoms with Crippen LogP contribution in [0.3, 0.4) is 0 Å². The maximum atomic E-state index is 14.3. The third-order valence-corrected chi connectivity index (χ3v) is 9.92. The highest BCUT2D eigenvalue weighted by Gasteiger charge is 2.68. The molecule has 2 aromatic rings. The van der Waals surface area contributed by atoms with Crippen LogP contribution in [-0.2, 0) is 44.0 Å². The Hall–Kier alpha value is -3.97. The molecule has 11 nitrogen and oxygen atoms in total. The van der Waals surface area contributed by atoms with Gasteiger partial charge in [0.1, 0.15) is 11.9 Å². The first-order valence-corrected chi connectivity index (χ1v) is 14.7. The van der Waals surface area contributed by atoms with E-state index in [1.807, 2.05) is 11.0 Å². The lowest BCUT2D eigenvalue weighted by molar-refractivity contribution is -0.144. The third kappa shape index (κ3) is 4.09. The number of methoxy groups -OCH3 is 3. The van der Waals surface area contributed by atoms with Crippen LogP contribution in [0, 0.1) is 0 Å². The third-order valence-electron chi connectivity index (χ3n) is 7.58. The number of benzene rings is 2. The van der Waals surface area contributed by atoms with Crippen molar-refractivity contribution in [2.24, 2.45) is 4.99 Å². The summed E-state index contributed by atoms with van der Waals surface area (Å²) in [5.41, 5.74) is -0.629. The number of hydrogen-bond acceptors (Lipinski definition) is 10. The molecule has 1 spiro atoms. The van der Waals surface area contributed by atoms with E-state index in [2.05, 4.69) is 27.5 Å². The number of carbonyl (C=O) groups is 3. The Morgan fingerprint density at radius 1 is 1.05 bits per heavy atom. The molecule has 0 unspecified atom stereocenters. The van der Waals surface area contributed by atoms with Crippen molar-refractivity contribution in [1.82, 2.24) is 4.31 Å². The smallest absolute Gasteiger partial charge is 0.357 e. The molecule has 0 radical (unpaired) electrons. The van der Waals surface area contributed by atoms with Gasteiger partial charge < -0.3 is 19.1 Å². The fourth-order valence-corrected chi connectivity index (χ4v) is 7.92. The predicted octanol–water partition coefficient (Wildman–Crippen LogP) is 2.71. The molecule has 0 aliphatic carbocycles. The molecule has 3 aliphatic rings. The van der Waals surface area contributed by atoms with E-state index in [1.165, 1.54) is 19.2 Å². The number of hydrogen-bond donors (Lipinski definition) is 0. The van der Waals surface area contributed by atoms with E-state index in [0.29, 0.717) is 15.7 Å². The lowest BCUT2D eigenvalue weighted by atomic mass is 9.69. The number of nitrogens with zero attached hydrogens (tertiary/aromatic N) is 3. The average molecular weight is 645 g/mol. The molecule has 3 heterocycles. The number of anilines is 1. The van der Waals surface area contributed by atoms with Gasteiger partial charge in [0.2, 0.25) is 0 Å². The number of amidine groups is 1. The molecule has 13 heteroatoms. The Morgan fingerprint density at radius 3 is 2.32 bits per heavy atom. The van der Waals surface area contributed by atoms with E-state index < -0.39 is 51.1 Å². The molecule has 0 bridgehead atoms. The normalized spacial score (nSPS) is 22.8. The molecule has 0 aromatic heterocycles. The first kappa shape index (κ1) is 28.6. The summed E-state index contributed by atoms with van der Waals surface area (Å²) in [5, 5.41) is 0. The average Bonchev–Trinajstić information content (AvgIpc) is 3.48. The lowest BCUT2D eigenvalue weighted by Crippen LogP contribution is -2.55. The number of sulfonamides is 1. The molecule has 1 fully saturated rings. The summed E-state index contributed by atoms with van der Waals surface area (Å²) in [6, 6.07) is 10.7. The van der Waals surface area contributed by atoms with Crippen LogP contribution in [0.5, 0.6) is 0 Å². The Labute approximate surface area is 245 Å². The predicted molar refractivity (Wildman–Crippen MR) is 152 cm³/mol. The molecular formula is C28H26BrN3O8S. The maximum absolute atomic E-state index is 14.3. The fraction of sp³-hybridized carbons (Fsp3) is 0.286. The minimum atomic E-state index is -4.45. The minimum Gasteiger partial charge on any atom is -0.467 e. The minimum absolute atomic E-state index is 0.104. The van der Waals surface area contributed by atoms with Crippen molar-refractivity contribution in [3.05, 3.63) is 82.5 Å². The molecule has 3 atom stereocenters. The summed E-state index contributed by atoms with van der Waals surface area (Å²) in [6.45, 7) is 4.07. The molecule has 2 aromatic carbocycles. The largest absolute Gasteiger partial charge is 0.467 e. The summed E-state index contributed by atoms with van der Waals surface area (Å²) in [4.78, 5) is 46.1. The van der Waals surface area contributed by atoms with Crippen molar-refractivity contribution in [2.45, 2.75) is 28.8 Å². The summed E-state index contributed by atoms with van der Waals surface area (Å²) >= 11 is 3.31. The van der Waals surface area contributed by atoms with E-state index in [-0.39, 0.29) is 29.3 Å². The Bertz CT molecular complexity index is 1640. The van der Waals surface area contributed by atoms with Crippen LogP contribution in [0.25, 0.3) is 0 Å². The Balaban J connectivity index is 1.90. The van der Waals surface area contributed by atoms with Gasteiger partial charge >= 0.3 is 17.9 Å². The van der Waals surface area contributed by atoms with Gasteiger partial charge in [-0.15, -0.1) is 6.58 Å². The number of carbonyl (C=O) groups excluding carboxylic acids is 3.